The van der Waals surface area contributed by atoms with Gasteiger partial charge < -0.3 is 5.32 Å². The van der Waals surface area contributed by atoms with Crippen LogP contribution in [0.25, 0.3) is 0 Å². The molecule has 0 saturated heterocycles. The fourth-order valence-corrected chi connectivity index (χ4v) is 1.74. The number of carbonyl (C=O) groups excluding carboxylic acids is 1. The van der Waals surface area contributed by atoms with Crippen molar-refractivity contribution in [2.75, 3.05) is 6.54 Å². The number of alkyl halides is 3. The van der Waals surface area contributed by atoms with Gasteiger partial charge in [0, 0.05) is 6.54 Å². The second kappa shape index (κ2) is 8.37. The van der Waals surface area contributed by atoms with Crippen LogP contribution in [-0.4, -0.2) is 18.6 Å². The number of hydrogen-bond acceptors (Lipinski definition) is 1. The van der Waals surface area contributed by atoms with Crippen LogP contribution in [0.3, 0.4) is 0 Å². The molecule has 102 valence electrons. The third kappa shape index (κ3) is 8.05. The van der Waals surface area contributed by atoms with Crippen LogP contribution in [0.4, 0.5) is 13.2 Å². The monoisotopic (exact) mass is 253 g/mol. The molecule has 1 atom stereocenters. The molecule has 0 aliphatic heterocycles. The molecule has 1 N–H and O–H groups in total. The number of unbranched alkanes of at least 4 members (excludes halogenated alkanes) is 1. The highest BCUT2D eigenvalue weighted by atomic mass is 19.4. The zero-order chi connectivity index (χ0) is 13.3. The molecule has 5 heteroatoms. The molecule has 0 aromatic rings. The van der Waals surface area contributed by atoms with E-state index in [1.165, 1.54) is 0 Å². The zero-order valence-corrected chi connectivity index (χ0v) is 10.6. The molecule has 0 aliphatic carbocycles. The van der Waals surface area contributed by atoms with Crippen LogP contribution >= 0.6 is 0 Å². The first-order valence-electron chi connectivity index (χ1n) is 6.26. The van der Waals surface area contributed by atoms with Crippen molar-refractivity contribution in [2.45, 2.75) is 58.5 Å². The molecule has 0 heterocycles. The van der Waals surface area contributed by atoms with Gasteiger partial charge in [-0.3, -0.25) is 4.79 Å². The van der Waals surface area contributed by atoms with Gasteiger partial charge in [0.15, 0.2) is 0 Å². The molecule has 2 nitrogen and oxygen atoms in total. The average Bonchev–Trinajstić information content (AvgIpc) is 2.26. The first kappa shape index (κ1) is 16.3. The SMILES string of the molecule is CCCCC(CC)CCCNC(=O)C(F)(F)F. The molecule has 0 rings (SSSR count). The molecule has 1 unspecified atom stereocenters. The van der Waals surface area contributed by atoms with Crippen LogP contribution in [0.1, 0.15) is 52.4 Å². The summed E-state index contributed by atoms with van der Waals surface area (Å²) in [4.78, 5) is 10.5. The number of rotatable bonds is 8. The molecule has 0 aromatic carbocycles. The highest BCUT2D eigenvalue weighted by Gasteiger charge is 2.38. The predicted molar refractivity (Wildman–Crippen MR) is 61.6 cm³/mol. The van der Waals surface area contributed by atoms with E-state index in [0.717, 1.165) is 32.1 Å². The largest absolute Gasteiger partial charge is 0.471 e. The van der Waals surface area contributed by atoms with Crippen molar-refractivity contribution in [3.8, 4) is 0 Å². The number of halogens is 3. The van der Waals surface area contributed by atoms with Crippen molar-refractivity contribution in [3.05, 3.63) is 0 Å². The number of nitrogens with one attached hydrogen (secondary N) is 1. The summed E-state index contributed by atoms with van der Waals surface area (Å²) in [5.41, 5.74) is 0. The maximum Gasteiger partial charge on any atom is 0.471 e. The van der Waals surface area contributed by atoms with E-state index in [9.17, 15) is 18.0 Å². The fraction of sp³-hybridized carbons (Fsp3) is 0.917. The van der Waals surface area contributed by atoms with E-state index in [1.807, 2.05) is 5.32 Å². The smallest absolute Gasteiger partial charge is 0.348 e. The second-order valence-electron chi connectivity index (χ2n) is 4.31. The summed E-state index contributed by atoms with van der Waals surface area (Å²) in [7, 11) is 0. The van der Waals surface area contributed by atoms with Crippen molar-refractivity contribution >= 4 is 5.91 Å². The molecule has 0 fully saturated rings. The highest BCUT2D eigenvalue weighted by Crippen LogP contribution is 2.18. The van der Waals surface area contributed by atoms with Gasteiger partial charge in [-0.25, -0.2) is 0 Å². The Labute approximate surface area is 101 Å². The van der Waals surface area contributed by atoms with E-state index < -0.39 is 12.1 Å². The maximum absolute atomic E-state index is 11.9. The summed E-state index contributed by atoms with van der Waals surface area (Å²) in [6, 6.07) is 0. The Balaban J connectivity index is 3.65. The summed E-state index contributed by atoms with van der Waals surface area (Å²) in [5.74, 6) is -1.27. The van der Waals surface area contributed by atoms with Crippen molar-refractivity contribution < 1.29 is 18.0 Å². The second-order valence-corrected chi connectivity index (χ2v) is 4.31. The lowest BCUT2D eigenvalue weighted by atomic mass is 9.94. The van der Waals surface area contributed by atoms with Gasteiger partial charge in [-0.2, -0.15) is 13.2 Å². The Morgan fingerprint density at radius 3 is 2.24 bits per heavy atom. The van der Waals surface area contributed by atoms with Gasteiger partial charge in [0.1, 0.15) is 0 Å². The summed E-state index contributed by atoms with van der Waals surface area (Å²) >= 11 is 0. The van der Waals surface area contributed by atoms with Crippen LogP contribution in [0.5, 0.6) is 0 Å². The molecule has 17 heavy (non-hydrogen) atoms. The van der Waals surface area contributed by atoms with E-state index in [4.69, 9.17) is 0 Å². The van der Waals surface area contributed by atoms with E-state index in [0.29, 0.717) is 12.3 Å². The molecular formula is C12H22F3NO. The lowest BCUT2D eigenvalue weighted by Crippen LogP contribution is -2.37. The molecule has 0 aliphatic rings. The van der Waals surface area contributed by atoms with Gasteiger partial charge in [0.25, 0.3) is 0 Å². The summed E-state index contributed by atoms with van der Waals surface area (Å²) in [5, 5.41) is 1.89. The van der Waals surface area contributed by atoms with Gasteiger partial charge in [0.2, 0.25) is 0 Å². The van der Waals surface area contributed by atoms with Gasteiger partial charge in [-0.15, -0.1) is 0 Å². The third-order valence-corrected chi connectivity index (χ3v) is 2.88. The van der Waals surface area contributed by atoms with Crippen LogP contribution < -0.4 is 5.32 Å². The summed E-state index contributed by atoms with van der Waals surface area (Å²) in [6.07, 6.45) is 1.22. The molecule has 0 radical (unpaired) electrons. The maximum atomic E-state index is 11.9. The van der Waals surface area contributed by atoms with Crippen LogP contribution in [-0.2, 0) is 4.79 Å². The number of hydrogen-bond donors (Lipinski definition) is 1. The lowest BCUT2D eigenvalue weighted by molar-refractivity contribution is -0.173. The van der Waals surface area contributed by atoms with Crippen LogP contribution in [0, 0.1) is 5.92 Å². The average molecular weight is 253 g/mol. The van der Waals surface area contributed by atoms with Crippen LogP contribution in [0.2, 0.25) is 0 Å². The fourth-order valence-electron chi connectivity index (χ4n) is 1.74. The minimum absolute atomic E-state index is 0.112. The van der Waals surface area contributed by atoms with Crippen molar-refractivity contribution in [1.82, 2.24) is 5.32 Å². The van der Waals surface area contributed by atoms with Crippen molar-refractivity contribution in [3.63, 3.8) is 0 Å². The third-order valence-electron chi connectivity index (χ3n) is 2.88. The van der Waals surface area contributed by atoms with E-state index in [2.05, 4.69) is 13.8 Å². The van der Waals surface area contributed by atoms with E-state index in [-0.39, 0.29) is 6.54 Å². The molecule has 0 spiro atoms. The zero-order valence-electron chi connectivity index (χ0n) is 10.6. The minimum atomic E-state index is -4.76. The first-order chi connectivity index (χ1) is 7.91. The standard InChI is InChI=1S/C12H22F3NO/c1-3-5-7-10(4-2)8-6-9-16-11(17)12(13,14)15/h10H,3-9H2,1-2H3,(H,16,17). The van der Waals surface area contributed by atoms with E-state index in [1.54, 1.807) is 0 Å². The van der Waals surface area contributed by atoms with Gasteiger partial charge in [-0.1, -0.05) is 39.5 Å². The van der Waals surface area contributed by atoms with Crippen molar-refractivity contribution in [2.24, 2.45) is 5.92 Å². The summed E-state index contributed by atoms with van der Waals surface area (Å²) in [6.45, 7) is 4.33. The predicted octanol–water partition coefficient (Wildman–Crippen LogP) is 3.66. The Kier molecular flexibility index (Phi) is 8.00. The normalized spacial score (nSPS) is 13.5. The Hall–Kier alpha value is -0.740. The molecule has 1 amide bonds. The number of carbonyl (C=O) groups is 1. The topological polar surface area (TPSA) is 29.1 Å². The Morgan fingerprint density at radius 1 is 1.18 bits per heavy atom. The molecular weight excluding hydrogens is 231 g/mol. The lowest BCUT2D eigenvalue weighted by Gasteiger charge is -2.14. The number of amides is 1. The van der Waals surface area contributed by atoms with E-state index >= 15 is 0 Å². The molecule has 0 aromatic heterocycles. The van der Waals surface area contributed by atoms with Crippen LogP contribution in [0.15, 0.2) is 0 Å². The first-order valence-corrected chi connectivity index (χ1v) is 6.26. The highest BCUT2D eigenvalue weighted by molar-refractivity contribution is 5.81. The van der Waals surface area contributed by atoms with Crippen molar-refractivity contribution in [1.29, 1.82) is 0 Å². The molecule has 0 saturated carbocycles. The Bertz CT molecular complexity index is 216. The summed E-state index contributed by atoms with van der Waals surface area (Å²) < 4.78 is 35.6. The van der Waals surface area contributed by atoms with Gasteiger partial charge in [0.05, 0.1) is 0 Å². The quantitative estimate of drug-likeness (QED) is 0.657. The van der Waals surface area contributed by atoms with Gasteiger partial charge in [-0.05, 0) is 18.8 Å². The Morgan fingerprint density at radius 2 is 1.76 bits per heavy atom. The van der Waals surface area contributed by atoms with Gasteiger partial charge >= 0.3 is 12.1 Å². The minimum Gasteiger partial charge on any atom is -0.348 e. The molecule has 0 bridgehead atoms.